The number of halogens is 3. The molecule has 0 atom stereocenters. The second-order valence-electron chi connectivity index (χ2n) is 4.24. The average Bonchev–Trinajstić information content (AvgIpc) is 3.08. The van der Waals surface area contributed by atoms with Gasteiger partial charge in [0.25, 0.3) is 0 Å². The minimum atomic E-state index is -4.39. The molecule has 2 nitrogen and oxygen atoms in total. The second kappa shape index (κ2) is 4.47. The van der Waals surface area contributed by atoms with Gasteiger partial charge in [-0.05, 0) is 37.0 Å². The number of rotatable bonds is 4. The van der Waals surface area contributed by atoms with Crippen molar-refractivity contribution in [3.63, 3.8) is 0 Å². The van der Waals surface area contributed by atoms with E-state index in [1.807, 2.05) is 0 Å². The molecule has 0 heterocycles. The highest BCUT2D eigenvalue weighted by molar-refractivity contribution is 5.52. The molecule has 2 rings (SSSR count). The van der Waals surface area contributed by atoms with Crippen LogP contribution in [-0.2, 0) is 6.18 Å². The molecular formula is C12H14F3NO. The molecule has 1 aliphatic rings. The smallest absolute Gasteiger partial charge is 0.420 e. The van der Waals surface area contributed by atoms with E-state index < -0.39 is 11.7 Å². The summed E-state index contributed by atoms with van der Waals surface area (Å²) in [4.78, 5) is 0. The summed E-state index contributed by atoms with van der Waals surface area (Å²) in [6.45, 7) is 0.740. The molecule has 94 valence electrons. The standard InChI is InChI=1S/C12H14F3NO/c1-17-11-5-4-9(16-7-8-2-3-8)6-10(11)12(13,14)15/h4-6,8,16H,2-3,7H2,1H3. The van der Waals surface area contributed by atoms with Crippen LogP contribution in [0.5, 0.6) is 5.75 Å². The molecular weight excluding hydrogens is 231 g/mol. The van der Waals surface area contributed by atoms with Gasteiger partial charge in [-0.3, -0.25) is 0 Å². The van der Waals surface area contributed by atoms with Gasteiger partial charge in [0.15, 0.2) is 0 Å². The van der Waals surface area contributed by atoms with Gasteiger partial charge in [0, 0.05) is 12.2 Å². The maximum Gasteiger partial charge on any atom is 0.420 e. The van der Waals surface area contributed by atoms with Crippen molar-refractivity contribution >= 4 is 5.69 Å². The number of hydrogen-bond donors (Lipinski definition) is 1. The van der Waals surface area contributed by atoms with Crippen molar-refractivity contribution in [1.82, 2.24) is 0 Å². The van der Waals surface area contributed by atoms with Crippen LogP contribution in [0.3, 0.4) is 0 Å². The summed E-state index contributed by atoms with van der Waals surface area (Å²) < 4.78 is 42.9. The van der Waals surface area contributed by atoms with Gasteiger partial charge in [0.2, 0.25) is 0 Å². The van der Waals surface area contributed by atoms with Crippen LogP contribution in [0.1, 0.15) is 18.4 Å². The summed E-state index contributed by atoms with van der Waals surface area (Å²) in [7, 11) is 1.24. The Morgan fingerprint density at radius 1 is 1.35 bits per heavy atom. The lowest BCUT2D eigenvalue weighted by atomic mass is 10.1. The van der Waals surface area contributed by atoms with Crippen molar-refractivity contribution in [2.75, 3.05) is 19.0 Å². The topological polar surface area (TPSA) is 21.3 Å². The zero-order valence-corrected chi connectivity index (χ0v) is 9.47. The van der Waals surface area contributed by atoms with Crippen LogP contribution in [0.15, 0.2) is 18.2 Å². The maximum atomic E-state index is 12.7. The largest absolute Gasteiger partial charge is 0.496 e. The number of methoxy groups -OCH3 is 1. The van der Waals surface area contributed by atoms with E-state index in [2.05, 4.69) is 5.32 Å². The molecule has 0 unspecified atom stereocenters. The molecule has 1 aromatic carbocycles. The monoisotopic (exact) mass is 245 g/mol. The first-order valence-electron chi connectivity index (χ1n) is 5.50. The third-order valence-corrected chi connectivity index (χ3v) is 2.80. The van der Waals surface area contributed by atoms with Gasteiger partial charge in [0.1, 0.15) is 5.75 Å². The maximum absolute atomic E-state index is 12.7. The molecule has 1 saturated carbocycles. The fourth-order valence-electron chi connectivity index (χ4n) is 1.62. The van der Waals surface area contributed by atoms with E-state index in [-0.39, 0.29) is 5.75 Å². The first kappa shape index (κ1) is 12.1. The van der Waals surface area contributed by atoms with Gasteiger partial charge < -0.3 is 10.1 Å². The summed E-state index contributed by atoms with van der Waals surface area (Å²) in [6.07, 6.45) is -2.06. The lowest BCUT2D eigenvalue weighted by Gasteiger charge is -2.14. The summed E-state index contributed by atoms with van der Waals surface area (Å²) >= 11 is 0. The predicted molar refractivity (Wildman–Crippen MR) is 59.2 cm³/mol. The Bertz CT molecular complexity index is 399. The Hall–Kier alpha value is -1.39. The molecule has 5 heteroatoms. The van der Waals surface area contributed by atoms with E-state index in [1.54, 1.807) is 6.07 Å². The zero-order valence-electron chi connectivity index (χ0n) is 9.47. The van der Waals surface area contributed by atoms with E-state index in [0.29, 0.717) is 11.6 Å². The molecule has 1 aliphatic carbocycles. The van der Waals surface area contributed by atoms with Crippen LogP contribution in [0.2, 0.25) is 0 Å². The van der Waals surface area contributed by atoms with Gasteiger partial charge in [-0.2, -0.15) is 13.2 Å². The lowest BCUT2D eigenvalue weighted by Crippen LogP contribution is -2.09. The molecule has 0 saturated heterocycles. The van der Waals surface area contributed by atoms with E-state index in [1.165, 1.54) is 13.2 Å². The number of nitrogens with one attached hydrogen (secondary N) is 1. The van der Waals surface area contributed by atoms with Crippen molar-refractivity contribution in [3.8, 4) is 5.75 Å². The first-order chi connectivity index (χ1) is 8.00. The van der Waals surface area contributed by atoms with Crippen molar-refractivity contribution in [1.29, 1.82) is 0 Å². The van der Waals surface area contributed by atoms with Crippen LogP contribution in [-0.4, -0.2) is 13.7 Å². The SMILES string of the molecule is COc1ccc(NCC2CC2)cc1C(F)(F)F. The quantitative estimate of drug-likeness (QED) is 0.876. The third-order valence-electron chi connectivity index (χ3n) is 2.80. The van der Waals surface area contributed by atoms with Crippen LogP contribution in [0.25, 0.3) is 0 Å². The third kappa shape index (κ3) is 3.05. The molecule has 0 aliphatic heterocycles. The molecule has 0 spiro atoms. The van der Waals surface area contributed by atoms with Crippen LogP contribution in [0, 0.1) is 5.92 Å². The van der Waals surface area contributed by atoms with Crippen molar-refractivity contribution in [2.24, 2.45) is 5.92 Å². The Kier molecular flexibility index (Phi) is 3.17. The normalized spacial score (nSPS) is 15.8. The highest BCUT2D eigenvalue weighted by Gasteiger charge is 2.34. The van der Waals surface area contributed by atoms with Gasteiger partial charge in [-0.25, -0.2) is 0 Å². The number of hydrogen-bond acceptors (Lipinski definition) is 2. The Labute approximate surface area is 97.8 Å². The number of alkyl halides is 3. The summed E-state index contributed by atoms with van der Waals surface area (Å²) in [5.41, 5.74) is -0.245. The van der Waals surface area contributed by atoms with Gasteiger partial charge in [-0.15, -0.1) is 0 Å². The van der Waals surface area contributed by atoms with Gasteiger partial charge in [0.05, 0.1) is 12.7 Å². The predicted octanol–water partition coefficient (Wildman–Crippen LogP) is 3.54. The minimum absolute atomic E-state index is 0.144. The Balaban J connectivity index is 2.17. The van der Waals surface area contributed by atoms with E-state index in [0.717, 1.165) is 25.5 Å². The summed E-state index contributed by atoms with van der Waals surface area (Å²) in [5.74, 6) is 0.473. The fourth-order valence-corrected chi connectivity index (χ4v) is 1.62. The first-order valence-corrected chi connectivity index (χ1v) is 5.50. The van der Waals surface area contributed by atoms with Gasteiger partial charge in [-0.1, -0.05) is 0 Å². The van der Waals surface area contributed by atoms with Crippen molar-refractivity contribution < 1.29 is 17.9 Å². The highest BCUT2D eigenvalue weighted by atomic mass is 19.4. The van der Waals surface area contributed by atoms with Crippen molar-refractivity contribution in [3.05, 3.63) is 23.8 Å². The van der Waals surface area contributed by atoms with Gasteiger partial charge >= 0.3 is 6.18 Å². The molecule has 17 heavy (non-hydrogen) atoms. The van der Waals surface area contributed by atoms with Crippen LogP contribution >= 0.6 is 0 Å². The summed E-state index contributed by atoms with van der Waals surface area (Å²) in [5, 5.41) is 3.01. The lowest BCUT2D eigenvalue weighted by molar-refractivity contribution is -0.138. The van der Waals surface area contributed by atoms with E-state index in [9.17, 15) is 13.2 Å². The Morgan fingerprint density at radius 2 is 2.06 bits per heavy atom. The number of ether oxygens (including phenoxy) is 1. The molecule has 1 N–H and O–H groups in total. The van der Waals surface area contributed by atoms with Crippen molar-refractivity contribution in [2.45, 2.75) is 19.0 Å². The molecule has 0 amide bonds. The van der Waals surface area contributed by atoms with E-state index in [4.69, 9.17) is 4.74 Å². The Morgan fingerprint density at radius 3 is 2.59 bits per heavy atom. The summed E-state index contributed by atoms with van der Waals surface area (Å²) in [6, 6.07) is 4.05. The van der Waals surface area contributed by atoms with Crippen LogP contribution < -0.4 is 10.1 Å². The zero-order chi connectivity index (χ0) is 12.5. The molecule has 0 aromatic heterocycles. The highest BCUT2D eigenvalue weighted by Crippen LogP contribution is 2.38. The number of anilines is 1. The second-order valence-corrected chi connectivity index (χ2v) is 4.24. The number of benzene rings is 1. The minimum Gasteiger partial charge on any atom is -0.496 e. The average molecular weight is 245 g/mol. The molecule has 0 bridgehead atoms. The fraction of sp³-hybridized carbons (Fsp3) is 0.500. The molecule has 0 radical (unpaired) electrons. The molecule has 1 aromatic rings. The van der Waals surface area contributed by atoms with Crippen LogP contribution in [0.4, 0.5) is 18.9 Å². The van der Waals surface area contributed by atoms with E-state index >= 15 is 0 Å². The molecule has 1 fully saturated rings.